The molecule has 1 amide bonds. The number of hydrazone groups is 1. The van der Waals surface area contributed by atoms with E-state index in [9.17, 15) is 4.79 Å². The number of methoxy groups -OCH3 is 4. The first-order chi connectivity index (χ1) is 16.5. The highest BCUT2D eigenvalue weighted by molar-refractivity contribution is 6.33. The van der Waals surface area contributed by atoms with Crippen molar-refractivity contribution in [2.45, 2.75) is 12.5 Å². The van der Waals surface area contributed by atoms with Crippen molar-refractivity contribution in [1.29, 1.82) is 0 Å². The van der Waals surface area contributed by atoms with Crippen molar-refractivity contribution >= 4 is 23.2 Å². The van der Waals surface area contributed by atoms with Crippen LogP contribution in [-0.2, 0) is 0 Å². The fourth-order valence-corrected chi connectivity index (χ4v) is 4.29. The van der Waals surface area contributed by atoms with E-state index in [1.54, 1.807) is 58.8 Å². The largest absolute Gasteiger partial charge is 0.497 e. The van der Waals surface area contributed by atoms with Crippen molar-refractivity contribution in [2.24, 2.45) is 5.10 Å². The minimum absolute atomic E-state index is 0.317. The summed E-state index contributed by atoms with van der Waals surface area (Å²) in [5, 5.41) is 6.57. The number of benzene rings is 3. The van der Waals surface area contributed by atoms with Crippen molar-refractivity contribution in [2.75, 3.05) is 28.4 Å². The molecule has 1 aliphatic heterocycles. The van der Waals surface area contributed by atoms with E-state index in [1.165, 1.54) is 5.01 Å². The van der Waals surface area contributed by atoms with Gasteiger partial charge in [-0.2, -0.15) is 5.10 Å². The number of amides is 1. The van der Waals surface area contributed by atoms with Crippen LogP contribution in [0.1, 0.15) is 33.9 Å². The van der Waals surface area contributed by atoms with Gasteiger partial charge < -0.3 is 18.9 Å². The molecule has 0 N–H and O–H groups in total. The van der Waals surface area contributed by atoms with Crippen molar-refractivity contribution in [1.82, 2.24) is 5.01 Å². The molecule has 1 atom stereocenters. The topological polar surface area (TPSA) is 69.6 Å². The standard InChI is InChI=1S/C26H25ClN2O5/c1-31-16-12-13-18(24(14-16)33-3)21-15-22(19-9-7-11-23(32-2)25(19)34-4)29(28-21)26(30)17-8-5-6-10-20(17)27/h5-14,22H,15H2,1-4H3/t22-/m1/s1. The number of para-hydroxylation sites is 1. The monoisotopic (exact) mass is 480 g/mol. The number of carbonyl (C=O) groups excluding carboxylic acids is 1. The Morgan fingerprint density at radius 1 is 0.912 bits per heavy atom. The van der Waals surface area contributed by atoms with Crippen LogP contribution < -0.4 is 18.9 Å². The van der Waals surface area contributed by atoms with E-state index in [2.05, 4.69) is 0 Å². The van der Waals surface area contributed by atoms with Gasteiger partial charge in [0.15, 0.2) is 11.5 Å². The average Bonchev–Trinajstić information content (AvgIpc) is 3.32. The van der Waals surface area contributed by atoms with Crippen molar-refractivity contribution < 1.29 is 23.7 Å². The Bertz CT molecular complexity index is 1240. The zero-order chi connectivity index (χ0) is 24.2. The molecule has 0 saturated carbocycles. The summed E-state index contributed by atoms with van der Waals surface area (Å²) in [4.78, 5) is 13.6. The molecule has 176 valence electrons. The Morgan fingerprint density at radius 3 is 2.35 bits per heavy atom. The van der Waals surface area contributed by atoms with Crippen LogP contribution in [0.3, 0.4) is 0 Å². The average molecular weight is 481 g/mol. The van der Waals surface area contributed by atoms with Crippen molar-refractivity contribution in [3.63, 3.8) is 0 Å². The number of hydrogen-bond donors (Lipinski definition) is 0. The molecule has 0 spiro atoms. The number of halogens is 1. The molecule has 1 heterocycles. The van der Waals surface area contributed by atoms with Gasteiger partial charge in [0, 0.05) is 23.6 Å². The molecule has 0 radical (unpaired) electrons. The molecular weight excluding hydrogens is 456 g/mol. The zero-order valence-corrected chi connectivity index (χ0v) is 20.1. The number of nitrogens with zero attached hydrogens (tertiary/aromatic N) is 2. The Hall–Kier alpha value is -3.71. The van der Waals surface area contributed by atoms with Crippen molar-refractivity contribution in [3.8, 4) is 23.0 Å². The van der Waals surface area contributed by atoms with Gasteiger partial charge in [-0.3, -0.25) is 4.79 Å². The Balaban J connectivity index is 1.84. The third kappa shape index (κ3) is 4.26. The third-order valence-electron chi connectivity index (χ3n) is 5.73. The first-order valence-electron chi connectivity index (χ1n) is 10.6. The maximum absolute atomic E-state index is 13.6. The SMILES string of the molecule is COc1ccc(C2=NN(C(=O)c3ccccc3Cl)[C@@H](c3cccc(OC)c3OC)C2)c(OC)c1. The molecule has 0 bridgehead atoms. The normalized spacial score (nSPS) is 15.0. The van der Waals surface area contributed by atoms with E-state index in [-0.39, 0.29) is 5.91 Å². The summed E-state index contributed by atoms with van der Waals surface area (Å²) >= 11 is 6.36. The first kappa shape index (κ1) is 23.4. The quantitative estimate of drug-likeness (QED) is 0.455. The van der Waals surface area contributed by atoms with E-state index in [0.29, 0.717) is 45.7 Å². The lowest BCUT2D eigenvalue weighted by Gasteiger charge is -2.24. The second-order valence-electron chi connectivity index (χ2n) is 7.55. The highest BCUT2D eigenvalue weighted by Gasteiger charge is 2.37. The summed E-state index contributed by atoms with van der Waals surface area (Å²) in [6, 6.07) is 17.5. The fourth-order valence-electron chi connectivity index (χ4n) is 4.07. The number of rotatable bonds is 7. The van der Waals surface area contributed by atoms with Gasteiger partial charge in [0.1, 0.15) is 11.5 Å². The highest BCUT2D eigenvalue weighted by Crippen LogP contribution is 2.43. The van der Waals surface area contributed by atoms with Gasteiger partial charge in [-0.1, -0.05) is 35.9 Å². The lowest BCUT2D eigenvalue weighted by Crippen LogP contribution is -2.27. The molecule has 8 heteroatoms. The van der Waals surface area contributed by atoms with Gasteiger partial charge in [0.2, 0.25) is 0 Å². The molecule has 3 aromatic carbocycles. The van der Waals surface area contributed by atoms with E-state index in [4.69, 9.17) is 35.6 Å². The molecule has 0 saturated heterocycles. The van der Waals surface area contributed by atoms with Crippen LogP contribution >= 0.6 is 11.6 Å². The molecule has 7 nitrogen and oxygen atoms in total. The fraction of sp³-hybridized carbons (Fsp3) is 0.231. The van der Waals surface area contributed by atoms with Gasteiger partial charge >= 0.3 is 0 Å². The smallest absolute Gasteiger partial charge is 0.276 e. The van der Waals surface area contributed by atoms with Gasteiger partial charge in [0.25, 0.3) is 5.91 Å². The van der Waals surface area contributed by atoms with Gasteiger partial charge in [-0.15, -0.1) is 0 Å². The summed E-state index contributed by atoms with van der Waals surface area (Å²) in [5.74, 6) is 2.06. The summed E-state index contributed by atoms with van der Waals surface area (Å²) in [7, 11) is 6.33. The minimum atomic E-state index is -0.448. The molecule has 3 aromatic rings. The van der Waals surface area contributed by atoms with Crippen LogP contribution in [0, 0.1) is 0 Å². The second-order valence-corrected chi connectivity index (χ2v) is 7.95. The lowest BCUT2D eigenvalue weighted by molar-refractivity contribution is 0.0709. The van der Waals surface area contributed by atoms with Crippen LogP contribution in [0.25, 0.3) is 0 Å². The zero-order valence-electron chi connectivity index (χ0n) is 19.4. The van der Waals surface area contributed by atoms with Gasteiger partial charge in [-0.05, 0) is 30.3 Å². The molecule has 0 aromatic heterocycles. The number of carbonyl (C=O) groups is 1. The second kappa shape index (κ2) is 10.1. The molecule has 0 fully saturated rings. The molecular formula is C26H25ClN2O5. The van der Waals surface area contributed by atoms with Crippen LogP contribution in [0.15, 0.2) is 65.8 Å². The summed E-state index contributed by atoms with van der Waals surface area (Å²) in [6.07, 6.45) is 0.433. The Morgan fingerprint density at radius 2 is 1.68 bits per heavy atom. The maximum Gasteiger partial charge on any atom is 0.276 e. The molecule has 4 rings (SSSR count). The highest BCUT2D eigenvalue weighted by atomic mass is 35.5. The van der Waals surface area contributed by atoms with Gasteiger partial charge in [-0.25, -0.2) is 5.01 Å². The first-order valence-corrected chi connectivity index (χ1v) is 11.0. The predicted octanol–water partition coefficient (Wildman–Crippen LogP) is 5.37. The van der Waals surface area contributed by atoms with Crippen molar-refractivity contribution in [3.05, 3.63) is 82.4 Å². The number of ether oxygens (including phenoxy) is 4. The van der Waals surface area contributed by atoms with Gasteiger partial charge in [0.05, 0.1) is 50.8 Å². The predicted molar refractivity (Wildman–Crippen MR) is 131 cm³/mol. The van der Waals surface area contributed by atoms with Crippen LogP contribution in [0.2, 0.25) is 5.02 Å². The number of hydrogen-bond acceptors (Lipinski definition) is 6. The van der Waals surface area contributed by atoms with E-state index in [1.807, 2.05) is 30.3 Å². The lowest BCUT2D eigenvalue weighted by atomic mass is 9.96. The van der Waals surface area contributed by atoms with E-state index >= 15 is 0 Å². The Kier molecular flexibility index (Phi) is 6.93. The summed E-state index contributed by atoms with van der Waals surface area (Å²) < 4.78 is 22.1. The van der Waals surface area contributed by atoms with E-state index < -0.39 is 6.04 Å². The molecule has 1 aliphatic rings. The maximum atomic E-state index is 13.6. The molecule has 34 heavy (non-hydrogen) atoms. The van der Waals surface area contributed by atoms with E-state index in [0.717, 1.165) is 11.1 Å². The molecule has 0 aliphatic carbocycles. The summed E-state index contributed by atoms with van der Waals surface area (Å²) in [5.41, 5.74) is 2.59. The Labute approximate surface area is 203 Å². The van der Waals surface area contributed by atoms with Crippen LogP contribution in [0.4, 0.5) is 0 Å². The minimum Gasteiger partial charge on any atom is -0.497 e. The molecule has 0 unspecified atom stereocenters. The third-order valence-corrected chi connectivity index (χ3v) is 6.06. The van der Waals surface area contributed by atoms with Crippen LogP contribution in [-0.4, -0.2) is 45.1 Å². The summed E-state index contributed by atoms with van der Waals surface area (Å²) in [6.45, 7) is 0. The van der Waals surface area contributed by atoms with Crippen LogP contribution in [0.5, 0.6) is 23.0 Å².